The summed E-state index contributed by atoms with van der Waals surface area (Å²) < 4.78 is 5.17. The molecule has 0 heterocycles. The number of likely N-dealkylation sites (N-methyl/N-ethyl adjacent to an activating group) is 1. The van der Waals surface area contributed by atoms with Gasteiger partial charge in [0.05, 0.1) is 19.8 Å². The zero-order chi connectivity index (χ0) is 17.5. The second kappa shape index (κ2) is 8.47. The van der Waals surface area contributed by atoms with Crippen LogP contribution in [0.4, 0.5) is 0 Å². The number of hydrogen-bond acceptors (Lipinski definition) is 4. The first-order valence-corrected chi connectivity index (χ1v) is 7.85. The lowest BCUT2D eigenvalue weighted by Crippen LogP contribution is -2.27. The first-order chi connectivity index (χ1) is 11.6. The van der Waals surface area contributed by atoms with E-state index in [-0.39, 0.29) is 18.6 Å². The molecule has 0 spiro atoms. The number of hydrogen-bond donors (Lipinski definition) is 2. The molecule has 24 heavy (non-hydrogen) atoms. The van der Waals surface area contributed by atoms with Crippen LogP contribution in [0.2, 0.25) is 0 Å². The number of nitrogens with one attached hydrogen (secondary N) is 1. The van der Waals surface area contributed by atoms with Crippen LogP contribution in [0, 0.1) is 0 Å². The van der Waals surface area contributed by atoms with Crippen molar-refractivity contribution < 1.29 is 14.6 Å². The molecule has 5 nitrogen and oxygen atoms in total. The molecule has 0 aliphatic carbocycles. The van der Waals surface area contributed by atoms with Crippen molar-refractivity contribution in [3.8, 4) is 5.75 Å². The Hall–Kier alpha value is -2.37. The van der Waals surface area contributed by atoms with Gasteiger partial charge in [-0.15, -0.1) is 0 Å². The third-order valence-corrected chi connectivity index (χ3v) is 4.08. The number of rotatable bonds is 7. The smallest absolute Gasteiger partial charge is 0.251 e. The van der Waals surface area contributed by atoms with Crippen LogP contribution in [-0.2, 0) is 6.54 Å². The van der Waals surface area contributed by atoms with E-state index >= 15 is 0 Å². The normalized spacial score (nSPS) is 12.0. The highest BCUT2D eigenvalue weighted by Gasteiger charge is 2.16. The van der Waals surface area contributed by atoms with E-state index in [1.54, 1.807) is 14.2 Å². The van der Waals surface area contributed by atoms with Crippen molar-refractivity contribution in [1.82, 2.24) is 10.2 Å². The molecule has 0 aliphatic rings. The maximum Gasteiger partial charge on any atom is 0.251 e. The Morgan fingerprint density at radius 1 is 1.17 bits per heavy atom. The Labute approximate surface area is 142 Å². The predicted molar refractivity (Wildman–Crippen MR) is 94.1 cm³/mol. The van der Waals surface area contributed by atoms with Crippen molar-refractivity contribution in [3.63, 3.8) is 0 Å². The Bertz CT molecular complexity index is 653. The number of nitrogens with zero attached hydrogens (tertiary/aromatic N) is 1. The lowest BCUT2D eigenvalue weighted by atomic mass is 10.0. The van der Waals surface area contributed by atoms with Gasteiger partial charge in [0.1, 0.15) is 5.75 Å². The van der Waals surface area contributed by atoms with Crippen LogP contribution in [0.15, 0.2) is 48.5 Å². The van der Waals surface area contributed by atoms with Gasteiger partial charge in [-0.05, 0) is 42.4 Å². The number of aliphatic hydroxyl groups is 1. The molecular formula is C19H24N2O3. The second-order valence-electron chi connectivity index (χ2n) is 5.66. The summed E-state index contributed by atoms with van der Waals surface area (Å²) >= 11 is 0. The third-order valence-electron chi connectivity index (χ3n) is 4.08. The lowest BCUT2D eigenvalue weighted by molar-refractivity contribution is 0.0963. The zero-order valence-corrected chi connectivity index (χ0v) is 14.3. The van der Waals surface area contributed by atoms with Gasteiger partial charge < -0.3 is 15.2 Å². The van der Waals surface area contributed by atoms with Crippen molar-refractivity contribution in [2.24, 2.45) is 0 Å². The summed E-state index contributed by atoms with van der Waals surface area (Å²) in [7, 11) is 5.22. The second-order valence-corrected chi connectivity index (χ2v) is 5.66. The fraction of sp³-hybridized carbons (Fsp3) is 0.316. The molecule has 1 amide bonds. The highest BCUT2D eigenvalue weighted by Crippen LogP contribution is 2.23. The number of aliphatic hydroxyl groups excluding tert-OH is 1. The summed E-state index contributed by atoms with van der Waals surface area (Å²) in [6.07, 6.45) is 0. The summed E-state index contributed by atoms with van der Waals surface area (Å²) in [5.41, 5.74) is 2.75. The van der Waals surface area contributed by atoms with Gasteiger partial charge in [0.15, 0.2) is 0 Å². The maximum atomic E-state index is 11.6. The van der Waals surface area contributed by atoms with E-state index < -0.39 is 0 Å². The quantitative estimate of drug-likeness (QED) is 0.818. The van der Waals surface area contributed by atoms with Gasteiger partial charge >= 0.3 is 0 Å². The van der Waals surface area contributed by atoms with Crippen LogP contribution in [0.5, 0.6) is 5.75 Å². The molecule has 0 bridgehead atoms. The summed E-state index contributed by atoms with van der Waals surface area (Å²) in [5, 5.41) is 12.4. The van der Waals surface area contributed by atoms with Crippen molar-refractivity contribution in [2.75, 3.05) is 27.8 Å². The Balaban J connectivity index is 2.08. The number of carbonyl (C=O) groups excluding carboxylic acids is 1. The van der Waals surface area contributed by atoms with Crippen LogP contribution < -0.4 is 10.1 Å². The average molecular weight is 328 g/mol. The van der Waals surface area contributed by atoms with Gasteiger partial charge in [-0.3, -0.25) is 9.69 Å². The molecule has 1 unspecified atom stereocenters. The Morgan fingerprint density at radius 3 is 2.29 bits per heavy atom. The van der Waals surface area contributed by atoms with Gasteiger partial charge in [-0.2, -0.15) is 0 Å². The predicted octanol–water partition coefficient (Wildman–Crippen LogP) is 2.22. The largest absolute Gasteiger partial charge is 0.497 e. The molecule has 0 radical (unpaired) electrons. The number of ether oxygens (including phenoxy) is 1. The third kappa shape index (κ3) is 4.34. The highest BCUT2D eigenvalue weighted by atomic mass is 16.5. The van der Waals surface area contributed by atoms with Crippen LogP contribution >= 0.6 is 0 Å². The Kier molecular flexibility index (Phi) is 6.35. The molecule has 1 atom stereocenters. The van der Waals surface area contributed by atoms with E-state index in [2.05, 4.69) is 10.2 Å². The number of benzene rings is 2. The molecule has 0 fully saturated rings. The Morgan fingerprint density at radius 2 is 1.79 bits per heavy atom. The van der Waals surface area contributed by atoms with Crippen molar-refractivity contribution in [3.05, 3.63) is 65.2 Å². The zero-order valence-electron chi connectivity index (χ0n) is 14.3. The minimum absolute atomic E-state index is 0.0269. The van der Waals surface area contributed by atoms with E-state index in [1.165, 1.54) is 0 Å². The minimum atomic E-state index is -0.102. The summed E-state index contributed by atoms with van der Waals surface area (Å²) in [6, 6.07) is 15.1. The van der Waals surface area contributed by atoms with Crippen molar-refractivity contribution >= 4 is 5.91 Å². The molecule has 0 saturated carbocycles. The molecule has 0 aromatic heterocycles. The number of amides is 1. The average Bonchev–Trinajstić information content (AvgIpc) is 2.63. The van der Waals surface area contributed by atoms with Crippen molar-refractivity contribution in [1.29, 1.82) is 0 Å². The fourth-order valence-electron chi connectivity index (χ4n) is 2.63. The number of methoxy groups -OCH3 is 1. The van der Waals surface area contributed by atoms with E-state index in [1.807, 2.05) is 55.6 Å². The first-order valence-electron chi connectivity index (χ1n) is 7.85. The highest BCUT2D eigenvalue weighted by molar-refractivity contribution is 5.93. The molecule has 0 saturated heterocycles. The lowest BCUT2D eigenvalue weighted by Gasteiger charge is -2.27. The molecule has 0 aliphatic heterocycles. The summed E-state index contributed by atoms with van der Waals surface area (Å²) in [6.45, 7) is 0.699. The molecular weight excluding hydrogens is 304 g/mol. The number of carbonyl (C=O) groups is 1. The molecule has 2 aromatic carbocycles. The van der Waals surface area contributed by atoms with Crippen LogP contribution in [0.1, 0.15) is 27.5 Å². The van der Waals surface area contributed by atoms with E-state index in [4.69, 9.17) is 4.74 Å². The van der Waals surface area contributed by atoms with E-state index in [0.717, 1.165) is 16.9 Å². The molecule has 2 rings (SSSR count). The molecule has 2 aromatic rings. The summed E-state index contributed by atoms with van der Waals surface area (Å²) in [4.78, 5) is 13.7. The molecule has 128 valence electrons. The standard InChI is InChI=1S/C19H24N2O3/c1-20-19(23)16-6-4-14(5-7-16)12-21(2)18(13-22)15-8-10-17(24-3)11-9-15/h4-11,18,22H,12-13H2,1-3H3,(H,20,23). The van der Waals surface area contributed by atoms with Crippen molar-refractivity contribution in [2.45, 2.75) is 12.6 Å². The molecule has 5 heteroatoms. The van der Waals surface area contributed by atoms with E-state index in [9.17, 15) is 9.90 Å². The van der Waals surface area contributed by atoms with Gasteiger partial charge in [-0.1, -0.05) is 24.3 Å². The minimum Gasteiger partial charge on any atom is -0.497 e. The van der Waals surface area contributed by atoms with Gasteiger partial charge in [0.25, 0.3) is 5.91 Å². The maximum absolute atomic E-state index is 11.6. The SMILES string of the molecule is CNC(=O)c1ccc(CN(C)C(CO)c2ccc(OC)cc2)cc1. The van der Waals surface area contributed by atoms with Crippen LogP contribution in [0.25, 0.3) is 0 Å². The van der Waals surface area contributed by atoms with Gasteiger partial charge in [0.2, 0.25) is 0 Å². The molecule has 2 N–H and O–H groups in total. The monoisotopic (exact) mass is 328 g/mol. The van der Waals surface area contributed by atoms with Crippen LogP contribution in [-0.4, -0.2) is 43.7 Å². The van der Waals surface area contributed by atoms with Crippen LogP contribution in [0.3, 0.4) is 0 Å². The summed E-state index contributed by atoms with van der Waals surface area (Å²) in [5.74, 6) is 0.698. The van der Waals surface area contributed by atoms with E-state index in [0.29, 0.717) is 12.1 Å². The van der Waals surface area contributed by atoms with Gasteiger partial charge in [-0.25, -0.2) is 0 Å². The topological polar surface area (TPSA) is 61.8 Å². The fourth-order valence-corrected chi connectivity index (χ4v) is 2.63. The van der Waals surface area contributed by atoms with Gasteiger partial charge in [0, 0.05) is 19.2 Å². The first kappa shape index (κ1) is 18.0.